The van der Waals surface area contributed by atoms with Crippen LogP contribution in [0.5, 0.6) is 0 Å². The van der Waals surface area contributed by atoms with Crippen molar-refractivity contribution < 1.29 is 4.39 Å². The van der Waals surface area contributed by atoms with E-state index in [-0.39, 0.29) is 16.7 Å². The van der Waals surface area contributed by atoms with Gasteiger partial charge < -0.3 is 0 Å². The number of hydrogen-bond donors (Lipinski definition) is 1. The van der Waals surface area contributed by atoms with Crippen LogP contribution in [0, 0.1) is 5.82 Å². The van der Waals surface area contributed by atoms with Gasteiger partial charge in [0, 0.05) is 11.3 Å². The summed E-state index contributed by atoms with van der Waals surface area (Å²) in [4.78, 5) is 0. The first-order chi connectivity index (χ1) is 6.57. The van der Waals surface area contributed by atoms with E-state index in [1.807, 2.05) is 17.8 Å². The zero-order valence-electron chi connectivity index (χ0n) is 8.38. The van der Waals surface area contributed by atoms with E-state index in [0.717, 1.165) is 11.3 Å². The Morgan fingerprint density at radius 2 is 2.29 bits per heavy atom. The topological polar surface area (TPSA) is 12.0 Å². The summed E-state index contributed by atoms with van der Waals surface area (Å²) >= 11 is 1.83. The summed E-state index contributed by atoms with van der Waals surface area (Å²) in [5.74, 6) is 0.906. The summed E-state index contributed by atoms with van der Waals surface area (Å²) in [7, 11) is 0. The third kappa shape index (κ3) is 2.10. The number of thioether (sulfide) groups is 1. The molecule has 1 aliphatic heterocycles. The third-order valence-electron chi connectivity index (χ3n) is 2.28. The summed E-state index contributed by atoms with van der Waals surface area (Å²) in [6, 6.07) is 6.81. The van der Waals surface area contributed by atoms with Crippen molar-refractivity contribution >= 4 is 11.8 Å². The summed E-state index contributed by atoms with van der Waals surface area (Å²) in [5, 5.41) is 3.71. The van der Waals surface area contributed by atoms with Crippen molar-refractivity contribution in [2.24, 2.45) is 0 Å². The molecular formula is C11H14FNS. The van der Waals surface area contributed by atoms with Crippen molar-refractivity contribution in [3.05, 3.63) is 35.6 Å². The lowest BCUT2D eigenvalue weighted by Gasteiger charge is -2.18. The Hall–Kier alpha value is -0.540. The average molecular weight is 211 g/mol. The highest BCUT2D eigenvalue weighted by Crippen LogP contribution is 2.37. The first-order valence-corrected chi connectivity index (χ1v) is 5.76. The summed E-state index contributed by atoms with van der Waals surface area (Å²) in [6.07, 6.45) is 0. The second-order valence-electron chi connectivity index (χ2n) is 4.27. The SMILES string of the molecule is CC1(C)CSC(c2cccc(F)c2)N1. The van der Waals surface area contributed by atoms with Gasteiger partial charge in [-0.3, -0.25) is 5.32 Å². The van der Waals surface area contributed by atoms with E-state index in [1.54, 1.807) is 12.1 Å². The van der Waals surface area contributed by atoms with Crippen LogP contribution in [0.1, 0.15) is 24.8 Å². The summed E-state index contributed by atoms with van der Waals surface area (Å²) in [6.45, 7) is 4.33. The minimum Gasteiger partial charge on any atom is -0.296 e. The van der Waals surface area contributed by atoms with Gasteiger partial charge in [-0.15, -0.1) is 11.8 Å². The molecule has 1 saturated heterocycles. The second kappa shape index (κ2) is 3.55. The average Bonchev–Trinajstić information content (AvgIpc) is 2.46. The maximum atomic E-state index is 13.0. The van der Waals surface area contributed by atoms with E-state index >= 15 is 0 Å². The number of benzene rings is 1. The predicted octanol–water partition coefficient (Wildman–Crippen LogP) is 2.94. The zero-order chi connectivity index (χ0) is 10.2. The normalized spacial score (nSPS) is 25.2. The van der Waals surface area contributed by atoms with E-state index in [1.165, 1.54) is 6.07 Å². The fraction of sp³-hybridized carbons (Fsp3) is 0.455. The van der Waals surface area contributed by atoms with Crippen LogP contribution in [-0.4, -0.2) is 11.3 Å². The molecule has 3 heteroatoms. The van der Waals surface area contributed by atoms with Crippen molar-refractivity contribution in [2.45, 2.75) is 24.8 Å². The Morgan fingerprint density at radius 1 is 1.50 bits per heavy atom. The van der Waals surface area contributed by atoms with Crippen molar-refractivity contribution in [3.63, 3.8) is 0 Å². The van der Waals surface area contributed by atoms with Crippen molar-refractivity contribution in [3.8, 4) is 0 Å². The summed E-state index contributed by atoms with van der Waals surface area (Å²) < 4.78 is 13.0. The molecule has 0 aromatic heterocycles. The van der Waals surface area contributed by atoms with Crippen LogP contribution in [0.15, 0.2) is 24.3 Å². The molecule has 1 aliphatic rings. The first-order valence-electron chi connectivity index (χ1n) is 4.72. The molecule has 1 aromatic carbocycles. The fourth-order valence-corrected chi connectivity index (χ4v) is 2.99. The molecular weight excluding hydrogens is 197 g/mol. The molecule has 0 radical (unpaired) electrons. The molecule has 0 saturated carbocycles. The van der Waals surface area contributed by atoms with Crippen molar-refractivity contribution in [2.75, 3.05) is 5.75 Å². The van der Waals surface area contributed by atoms with Crippen molar-refractivity contribution in [1.29, 1.82) is 0 Å². The molecule has 1 N–H and O–H groups in total. The van der Waals surface area contributed by atoms with Gasteiger partial charge in [-0.1, -0.05) is 12.1 Å². The highest BCUT2D eigenvalue weighted by molar-refractivity contribution is 7.99. The molecule has 1 unspecified atom stereocenters. The minimum atomic E-state index is -0.158. The second-order valence-corrected chi connectivity index (χ2v) is 5.37. The molecule has 1 fully saturated rings. The van der Waals surface area contributed by atoms with Gasteiger partial charge in [-0.2, -0.15) is 0 Å². The highest BCUT2D eigenvalue weighted by atomic mass is 32.2. The van der Waals surface area contributed by atoms with Gasteiger partial charge in [-0.05, 0) is 31.5 Å². The first kappa shape index (κ1) is 9.99. The van der Waals surface area contributed by atoms with E-state index in [0.29, 0.717) is 0 Å². The monoisotopic (exact) mass is 211 g/mol. The van der Waals surface area contributed by atoms with E-state index in [9.17, 15) is 4.39 Å². The predicted molar refractivity (Wildman–Crippen MR) is 58.8 cm³/mol. The maximum absolute atomic E-state index is 13.0. The Morgan fingerprint density at radius 3 is 2.86 bits per heavy atom. The van der Waals surface area contributed by atoms with Gasteiger partial charge in [0.05, 0.1) is 5.37 Å². The van der Waals surface area contributed by atoms with Gasteiger partial charge >= 0.3 is 0 Å². The quantitative estimate of drug-likeness (QED) is 0.766. The lowest BCUT2D eigenvalue weighted by Crippen LogP contribution is -2.35. The molecule has 0 bridgehead atoms. The number of hydrogen-bond acceptors (Lipinski definition) is 2. The van der Waals surface area contributed by atoms with Gasteiger partial charge in [-0.25, -0.2) is 4.39 Å². The molecule has 1 heterocycles. The molecule has 76 valence electrons. The molecule has 0 aliphatic carbocycles. The lowest BCUT2D eigenvalue weighted by molar-refractivity contribution is 0.451. The smallest absolute Gasteiger partial charge is 0.123 e. The Bertz CT molecular complexity index is 338. The van der Waals surface area contributed by atoms with Crippen LogP contribution >= 0.6 is 11.8 Å². The third-order valence-corrected chi connectivity index (χ3v) is 3.90. The van der Waals surface area contributed by atoms with E-state index < -0.39 is 0 Å². The van der Waals surface area contributed by atoms with Crippen LogP contribution in [0.2, 0.25) is 0 Å². The van der Waals surface area contributed by atoms with Gasteiger partial charge in [0.25, 0.3) is 0 Å². The molecule has 1 aromatic rings. The van der Waals surface area contributed by atoms with E-state index in [2.05, 4.69) is 19.2 Å². The van der Waals surface area contributed by atoms with Gasteiger partial charge in [0.1, 0.15) is 5.82 Å². The number of nitrogens with one attached hydrogen (secondary N) is 1. The van der Waals surface area contributed by atoms with Crippen LogP contribution in [0.3, 0.4) is 0 Å². The van der Waals surface area contributed by atoms with Crippen LogP contribution in [0.4, 0.5) is 4.39 Å². The molecule has 14 heavy (non-hydrogen) atoms. The zero-order valence-corrected chi connectivity index (χ0v) is 9.20. The summed E-state index contributed by atoms with van der Waals surface area (Å²) in [5.41, 5.74) is 1.18. The van der Waals surface area contributed by atoms with Crippen LogP contribution < -0.4 is 5.32 Å². The molecule has 2 rings (SSSR count). The fourth-order valence-electron chi connectivity index (χ4n) is 1.58. The van der Waals surface area contributed by atoms with Crippen LogP contribution in [0.25, 0.3) is 0 Å². The molecule has 0 spiro atoms. The number of rotatable bonds is 1. The molecule has 1 nitrogen and oxygen atoms in total. The molecule has 0 amide bonds. The maximum Gasteiger partial charge on any atom is 0.123 e. The van der Waals surface area contributed by atoms with Gasteiger partial charge in [0.15, 0.2) is 0 Å². The standard InChI is InChI=1S/C11H14FNS/c1-11(2)7-14-10(13-11)8-4-3-5-9(12)6-8/h3-6,10,13H,7H2,1-2H3. The van der Waals surface area contributed by atoms with E-state index in [4.69, 9.17) is 0 Å². The Labute approximate surface area is 88.1 Å². The Balaban J connectivity index is 2.17. The van der Waals surface area contributed by atoms with Crippen molar-refractivity contribution in [1.82, 2.24) is 5.32 Å². The molecule has 1 atom stereocenters. The largest absolute Gasteiger partial charge is 0.296 e. The highest BCUT2D eigenvalue weighted by Gasteiger charge is 2.31. The van der Waals surface area contributed by atoms with Gasteiger partial charge in [0.2, 0.25) is 0 Å². The number of halogens is 1. The van der Waals surface area contributed by atoms with Crippen LogP contribution in [-0.2, 0) is 0 Å². The Kier molecular flexibility index (Phi) is 2.54. The minimum absolute atomic E-state index is 0.154. The lowest BCUT2D eigenvalue weighted by atomic mass is 10.1.